The highest BCUT2D eigenvalue weighted by Crippen LogP contribution is 2.37. The Morgan fingerprint density at radius 3 is 2.85 bits per heavy atom. The fourth-order valence-corrected chi connectivity index (χ4v) is 3.58. The molecule has 1 aliphatic heterocycles. The maximum absolute atomic E-state index is 12.4. The number of rotatable bonds is 4. The highest BCUT2D eigenvalue weighted by molar-refractivity contribution is 5.95. The van der Waals surface area contributed by atoms with Crippen molar-refractivity contribution in [1.29, 1.82) is 0 Å². The number of fused-ring (bicyclic) bond motifs is 1. The molecular weight excluding hydrogens is 252 g/mol. The molecule has 4 nitrogen and oxygen atoms in total. The Hall–Kier alpha value is -1.39. The summed E-state index contributed by atoms with van der Waals surface area (Å²) in [5.74, 6) is 1.30. The van der Waals surface area contributed by atoms with Gasteiger partial charge < -0.3 is 15.7 Å². The molecule has 0 aromatic heterocycles. The summed E-state index contributed by atoms with van der Waals surface area (Å²) in [5, 5.41) is 15.3. The molecule has 0 spiro atoms. The smallest absolute Gasteiger partial charge is 0.241 e. The molecular formula is C16H22N2O2. The molecule has 0 bridgehead atoms. The summed E-state index contributed by atoms with van der Waals surface area (Å²) in [5.41, 5.74) is 1.92. The average Bonchev–Trinajstić information content (AvgIpc) is 3.03. The molecule has 1 saturated heterocycles. The second-order valence-corrected chi connectivity index (χ2v) is 5.90. The number of hydrogen-bond donors (Lipinski definition) is 3. The van der Waals surface area contributed by atoms with Gasteiger partial charge in [-0.05, 0) is 55.3 Å². The molecule has 0 radical (unpaired) electrons. The van der Waals surface area contributed by atoms with Crippen molar-refractivity contribution >= 4 is 11.6 Å². The fraction of sp³-hybridized carbons (Fsp3) is 0.562. The lowest BCUT2D eigenvalue weighted by molar-refractivity contribution is -0.118. The van der Waals surface area contributed by atoms with Crippen LogP contribution in [0.4, 0.5) is 5.69 Å². The third-order valence-electron chi connectivity index (χ3n) is 4.65. The standard InChI is InChI=1S/C16H22N2O2/c19-9-8-11-4-6-13(7-5-11)18-16(20)15-14-3-1-2-12(14)10-17-15/h4-7,12,14-15,17,19H,1-3,8-10H2,(H,18,20). The van der Waals surface area contributed by atoms with Crippen molar-refractivity contribution in [3.8, 4) is 0 Å². The SMILES string of the molecule is O=C(Nc1ccc(CCO)cc1)C1NCC2CCCC21. The topological polar surface area (TPSA) is 61.4 Å². The lowest BCUT2D eigenvalue weighted by atomic mass is 9.93. The van der Waals surface area contributed by atoms with Gasteiger partial charge in [0.1, 0.15) is 0 Å². The fourth-order valence-electron chi connectivity index (χ4n) is 3.58. The van der Waals surface area contributed by atoms with E-state index in [1.165, 1.54) is 19.3 Å². The number of carbonyl (C=O) groups is 1. The molecule has 4 heteroatoms. The van der Waals surface area contributed by atoms with Crippen molar-refractivity contribution in [3.05, 3.63) is 29.8 Å². The van der Waals surface area contributed by atoms with E-state index in [1.54, 1.807) is 0 Å². The van der Waals surface area contributed by atoms with Crippen LogP contribution in [0.1, 0.15) is 24.8 Å². The lowest BCUT2D eigenvalue weighted by Gasteiger charge is -2.17. The van der Waals surface area contributed by atoms with Crippen LogP contribution in [0.25, 0.3) is 0 Å². The van der Waals surface area contributed by atoms with Gasteiger partial charge in [0.15, 0.2) is 0 Å². The third-order valence-corrected chi connectivity index (χ3v) is 4.65. The normalized spacial score (nSPS) is 28.4. The predicted octanol–water partition coefficient (Wildman–Crippen LogP) is 1.55. The van der Waals surface area contributed by atoms with Crippen molar-refractivity contribution in [2.75, 3.05) is 18.5 Å². The molecule has 3 atom stereocenters. The van der Waals surface area contributed by atoms with Crippen LogP contribution >= 0.6 is 0 Å². The first-order valence-electron chi connectivity index (χ1n) is 7.52. The first-order chi connectivity index (χ1) is 9.78. The first kappa shape index (κ1) is 13.6. The average molecular weight is 274 g/mol. The Morgan fingerprint density at radius 2 is 2.10 bits per heavy atom. The number of hydrogen-bond acceptors (Lipinski definition) is 3. The number of aliphatic hydroxyl groups is 1. The van der Waals surface area contributed by atoms with Crippen LogP contribution in [0.2, 0.25) is 0 Å². The maximum atomic E-state index is 12.4. The summed E-state index contributed by atoms with van der Waals surface area (Å²) in [6.07, 6.45) is 4.35. The molecule has 20 heavy (non-hydrogen) atoms. The quantitative estimate of drug-likeness (QED) is 0.780. The second kappa shape index (κ2) is 5.94. The van der Waals surface area contributed by atoms with E-state index in [2.05, 4.69) is 10.6 Å². The molecule has 1 aromatic rings. The number of amides is 1. The monoisotopic (exact) mass is 274 g/mol. The van der Waals surface area contributed by atoms with Gasteiger partial charge in [-0.1, -0.05) is 18.6 Å². The van der Waals surface area contributed by atoms with Crippen LogP contribution < -0.4 is 10.6 Å². The Kier molecular flexibility index (Phi) is 4.03. The van der Waals surface area contributed by atoms with Gasteiger partial charge in [-0.2, -0.15) is 0 Å². The zero-order valence-electron chi connectivity index (χ0n) is 11.6. The summed E-state index contributed by atoms with van der Waals surface area (Å²) in [6, 6.07) is 7.69. The molecule has 1 saturated carbocycles. The molecule has 1 aliphatic carbocycles. The Labute approximate surface area is 119 Å². The minimum absolute atomic E-state index is 0.0281. The van der Waals surface area contributed by atoms with E-state index in [1.807, 2.05) is 24.3 Å². The molecule has 1 amide bonds. The van der Waals surface area contributed by atoms with Gasteiger partial charge in [0.05, 0.1) is 6.04 Å². The summed E-state index contributed by atoms with van der Waals surface area (Å²) >= 11 is 0. The third kappa shape index (κ3) is 2.72. The van der Waals surface area contributed by atoms with Crippen molar-refractivity contribution in [2.45, 2.75) is 31.7 Å². The van der Waals surface area contributed by atoms with E-state index < -0.39 is 0 Å². The van der Waals surface area contributed by atoms with E-state index in [0.717, 1.165) is 17.8 Å². The lowest BCUT2D eigenvalue weighted by Crippen LogP contribution is -2.39. The molecule has 3 N–H and O–H groups in total. The summed E-state index contributed by atoms with van der Waals surface area (Å²) in [6.45, 7) is 1.14. The number of anilines is 1. The maximum Gasteiger partial charge on any atom is 0.241 e. The van der Waals surface area contributed by atoms with Crippen LogP contribution in [0.5, 0.6) is 0 Å². The Morgan fingerprint density at radius 1 is 1.30 bits per heavy atom. The number of benzene rings is 1. The largest absolute Gasteiger partial charge is 0.396 e. The number of aliphatic hydroxyl groups excluding tert-OH is 1. The van der Waals surface area contributed by atoms with Crippen molar-refractivity contribution in [2.24, 2.45) is 11.8 Å². The van der Waals surface area contributed by atoms with E-state index in [4.69, 9.17) is 5.11 Å². The van der Waals surface area contributed by atoms with E-state index in [0.29, 0.717) is 18.3 Å². The summed E-state index contributed by atoms with van der Waals surface area (Å²) in [4.78, 5) is 12.4. The minimum atomic E-state index is -0.0281. The van der Waals surface area contributed by atoms with Gasteiger partial charge in [-0.15, -0.1) is 0 Å². The molecule has 1 heterocycles. The Balaban J connectivity index is 1.61. The van der Waals surface area contributed by atoms with Gasteiger partial charge in [-0.3, -0.25) is 4.79 Å². The highest BCUT2D eigenvalue weighted by atomic mass is 16.3. The van der Waals surface area contributed by atoms with E-state index in [-0.39, 0.29) is 18.6 Å². The van der Waals surface area contributed by atoms with Gasteiger partial charge in [-0.25, -0.2) is 0 Å². The molecule has 3 rings (SSSR count). The number of nitrogens with one attached hydrogen (secondary N) is 2. The van der Waals surface area contributed by atoms with Crippen LogP contribution in [0.15, 0.2) is 24.3 Å². The van der Waals surface area contributed by atoms with Crippen molar-refractivity contribution in [1.82, 2.24) is 5.32 Å². The van der Waals surface area contributed by atoms with Crippen LogP contribution in [-0.4, -0.2) is 30.2 Å². The van der Waals surface area contributed by atoms with Crippen LogP contribution in [0.3, 0.4) is 0 Å². The zero-order valence-corrected chi connectivity index (χ0v) is 11.6. The van der Waals surface area contributed by atoms with Gasteiger partial charge >= 0.3 is 0 Å². The van der Waals surface area contributed by atoms with Gasteiger partial charge in [0, 0.05) is 12.3 Å². The summed E-state index contributed by atoms with van der Waals surface area (Å²) < 4.78 is 0. The second-order valence-electron chi connectivity index (χ2n) is 5.90. The molecule has 3 unspecified atom stereocenters. The zero-order chi connectivity index (χ0) is 13.9. The summed E-state index contributed by atoms with van der Waals surface area (Å²) in [7, 11) is 0. The van der Waals surface area contributed by atoms with Gasteiger partial charge in [0.2, 0.25) is 5.91 Å². The van der Waals surface area contributed by atoms with Crippen LogP contribution in [0, 0.1) is 11.8 Å². The van der Waals surface area contributed by atoms with Crippen molar-refractivity contribution in [3.63, 3.8) is 0 Å². The molecule has 2 aliphatic rings. The van der Waals surface area contributed by atoms with Crippen molar-refractivity contribution < 1.29 is 9.90 Å². The van der Waals surface area contributed by atoms with E-state index >= 15 is 0 Å². The Bertz CT molecular complexity index is 472. The number of carbonyl (C=O) groups excluding carboxylic acids is 1. The first-order valence-corrected chi connectivity index (χ1v) is 7.52. The van der Waals surface area contributed by atoms with Crippen LogP contribution in [-0.2, 0) is 11.2 Å². The molecule has 1 aromatic carbocycles. The predicted molar refractivity (Wildman–Crippen MR) is 78.5 cm³/mol. The molecule has 108 valence electrons. The van der Waals surface area contributed by atoms with Gasteiger partial charge in [0.25, 0.3) is 0 Å². The van der Waals surface area contributed by atoms with E-state index in [9.17, 15) is 4.79 Å². The minimum Gasteiger partial charge on any atom is -0.396 e. The highest BCUT2D eigenvalue weighted by Gasteiger charge is 2.42. The molecule has 2 fully saturated rings.